The molecule has 0 spiro atoms. The fourth-order valence-electron chi connectivity index (χ4n) is 7.01. The smallest absolute Gasteiger partial charge is 0.0623 e. The van der Waals surface area contributed by atoms with Crippen LogP contribution >= 0.6 is 0 Å². The second-order valence-corrected chi connectivity index (χ2v) is 16.2. The van der Waals surface area contributed by atoms with E-state index >= 15 is 0 Å². The van der Waals surface area contributed by atoms with Crippen molar-refractivity contribution < 1.29 is 49.0 Å². The van der Waals surface area contributed by atoms with Gasteiger partial charge in [0, 0.05) is 5.41 Å². The van der Waals surface area contributed by atoms with Crippen LogP contribution in [0.1, 0.15) is 99.9 Å². The molecule has 0 aromatic heterocycles. The summed E-state index contributed by atoms with van der Waals surface area (Å²) in [5.41, 5.74) is 19.9. The third-order valence-electron chi connectivity index (χ3n) is 8.76. The number of aryl methyl sites for hydroxylation is 2. The normalized spacial score (nSPS) is 15.4. The summed E-state index contributed by atoms with van der Waals surface area (Å²) in [7, 11) is 0. The molecule has 0 aliphatic heterocycles. The first-order valence-electron chi connectivity index (χ1n) is 15.2. The summed E-state index contributed by atoms with van der Waals surface area (Å²) < 4.78 is 1.51. The molecule has 0 saturated carbocycles. The van der Waals surface area contributed by atoms with Gasteiger partial charge in [-0.3, -0.25) is 6.08 Å². The third-order valence-corrected chi connectivity index (χ3v) is 8.76. The van der Waals surface area contributed by atoms with Gasteiger partial charge in [0.25, 0.3) is 0 Å². The third kappa shape index (κ3) is 7.12. The van der Waals surface area contributed by atoms with E-state index in [4.69, 9.17) is 0 Å². The standard InChI is InChI=1S/C25H25.C13H13.C3H6.2ClH.Zr/c1-14-12-24(3,4)22-8-16-7-17-9-23-19(15(2)13-25(23,5)6)11-21(17)20(16)10-18(14)22;1-10-8-11(2)13(9-10)12-6-4-3-5-7-12;1-3-2;;;/h8-12H,7H2,1-6H3;3-9H,1-2H3;1-2H3;2*1H;/q2*-1;;;;+2/p-2. The average molecular weight is 699 g/mol. The predicted molar refractivity (Wildman–Crippen MR) is 180 cm³/mol. The van der Waals surface area contributed by atoms with Gasteiger partial charge in [0.2, 0.25) is 0 Å². The number of hydrogen-bond acceptors (Lipinski definition) is 0. The van der Waals surface area contributed by atoms with Crippen LogP contribution in [-0.4, -0.2) is 3.21 Å². The molecule has 7 rings (SSSR count). The minimum Gasteiger partial charge on any atom is -1.00 e. The Morgan fingerprint density at radius 2 is 1.27 bits per heavy atom. The summed E-state index contributed by atoms with van der Waals surface area (Å²) in [5, 5.41) is 0. The van der Waals surface area contributed by atoms with Crippen molar-refractivity contribution >= 4 is 14.4 Å². The van der Waals surface area contributed by atoms with E-state index in [1.54, 1.807) is 24.2 Å². The topological polar surface area (TPSA) is 0 Å². The van der Waals surface area contributed by atoms with Crippen molar-refractivity contribution in [2.45, 2.75) is 86.5 Å². The maximum absolute atomic E-state index is 3.65. The Morgan fingerprint density at radius 1 is 0.727 bits per heavy atom. The van der Waals surface area contributed by atoms with E-state index in [0.717, 1.165) is 6.42 Å². The molecule has 0 radical (unpaired) electrons. The van der Waals surface area contributed by atoms with Crippen molar-refractivity contribution in [3.8, 4) is 22.3 Å². The van der Waals surface area contributed by atoms with Gasteiger partial charge in [-0.15, -0.1) is 11.6 Å². The number of rotatable bonds is 1. The van der Waals surface area contributed by atoms with Gasteiger partial charge in [-0.05, 0) is 58.4 Å². The summed E-state index contributed by atoms with van der Waals surface area (Å²) in [6.07, 6.45) is 7.13. The van der Waals surface area contributed by atoms with Gasteiger partial charge < -0.3 is 24.8 Å². The van der Waals surface area contributed by atoms with E-state index in [9.17, 15) is 0 Å². The van der Waals surface area contributed by atoms with E-state index in [1.165, 1.54) is 81.1 Å². The van der Waals surface area contributed by atoms with Crippen molar-refractivity contribution in [2.75, 3.05) is 0 Å². The first-order valence-corrected chi connectivity index (χ1v) is 16.4. The Labute approximate surface area is 293 Å². The summed E-state index contributed by atoms with van der Waals surface area (Å²) >= 11 is 1.55. The number of hydrogen-bond donors (Lipinski definition) is 0. The molecule has 3 aliphatic rings. The molecule has 0 N–H and O–H groups in total. The van der Waals surface area contributed by atoms with Crippen LogP contribution in [-0.2, 0) is 41.5 Å². The Bertz CT molecular complexity index is 1670. The molecule has 0 atom stereocenters. The molecule has 0 fully saturated rings. The van der Waals surface area contributed by atoms with Gasteiger partial charge in [-0.1, -0.05) is 108 Å². The van der Waals surface area contributed by atoms with Crippen molar-refractivity contribution in [3.63, 3.8) is 0 Å². The molecule has 0 unspecified atom stereocenters. The van der Waals surface area contributed by atoms with Crippen molar-refractivity contribution in [3.05, 3.63) is 123 Å². The van der Waals surface area contributed by atoms with E-state index < -0.39 is 0 Å². The number of benzene rings is 3. The fraction of sp³-hybridized carbons (Fsp3) is 0.317. The average Bonchev–Trinajstić information content (AvgIpc) is 3.57. The second-order valence-electron chi connectivity index (χ2n) is 13.7. The molecular weight excluding hydrogens is 655 g/mol. The molecule has 44 heavy (non-hydrogen) atoms. The maximum Gasteiger partial charge on any atom is -0.0623 e. The molecule has 0 nitrogen and oxygen atoms in total. The van der Waals surface area contributed by atoms with Crippen LogP contribution in [0.3, 0.4) is 0 Å². The molecule has 4 aromatic carbocycles. The van der Waals surface area contributed by atoms with Crippen molar-refractivity contribution in [2.24, 2.45) is 0 Å². The molecular formula is C41H44Cl2Zr-2. The summed E-state index contributed by atoms with van der Waals surface area (Å²) in [5.74, 6) is 0. The van der Waals surface area contributed by atoms with Crippen LogP contribution in [0.15, 0.2) is 72.8 Å². The Morgan fingerprint density at radius 3 is 1.82 bits per heavy atom. The SMILES string of the molecule is CC1=[C-]C(C)(C)c2cc3c(cc21)-c1cc2c(cc1C3)C(C)(C)C=C2C.C[C](C)=[Zr+2].Cc1cc(-c2ccccc2)c(C)[cH-]1.[Cl-].[Cl-]. The van der Waals surface area contributed by atoms with Crippen LogP contribution in [0.25, 0.3) is 33.4 Å². The van der Waals surface area contributed by atoms with Gasteiger partial charge >= 0.3 is 41.3 Å². The molecule has 4 aromatic rings. The minimum absolute atomic E-state index is 0. The molecule has 0 heterocycles. The van der Waals surface area contributed by atoms with E-state index in [0.29, 0.717) is 0 Å². The van der Waals surface area contributed by atoms with Gasteiger partial charge in [0.05, 0.1) is 0 Å². The molecule has 0 amide bonds. The van der Waals surface area contributed by atoms with Crippen LogP contribution in [0.4, 0.5) is 0 Å². The molecule has 3 aliphatic carbocycles. The maximum atomic E-state index is 3.65. The molecule has 228 valence electrons. The summed E-state index contributed by atoms with van der Waals surface area (Å²) in [6, 6.07) is 24.8. The number of halogens is 2. The zero-order chi connectivity index (χ0) is 30.6. The fourth-order valence-corrected chi connectivity index (χ4v) is 7.01. The van der Waals surface area contributed by atoms with Crippen molar-refractivity contribution in [1.82, 2.24) is 0 Å². The summed E-state index contributed by atoms with van der Waals surface area (Å²) in [6.45, 7) is 22.2. The first kappa shape index (κ1) is 36.3. The van der Waals surface area contributed by atoms with E-state index in [-0.39, 0.29) is 35.6 Å². The largest absolute Gasteiger partial charge is 1.00 e. The van der Waals surface area contributed by atoms with Crippen LogP contribution in [0.5, 0.6) is 0 Å². The monoisotopic (exact) mass is 696 g/mol. The van der Waals surface area contributed by atoms with Gasteiger partial charge in [-0.2, -0.15) is 28.3 Å². The Kier molecular flexibility index (Phi) is 11.3. The van der Waals surface area contributed by atoms with Crippen LogP contribution < -0.4 is 24.8 Å². The van der Waals surface area contributed by atoms with E-state index in [2.05, 4.69) is 148 Å². The Hall–Kier alpha value is -2.18. The van der Waals surface area contributed by atoms with Crippen LogP contribution in [0.2, 0.25) is 0 Å². The zero-order valence-corrected chi connectivity index (χ0v) is 31.9. The number of allylic oxidation sites excluding steroid dienone is 4. The van der Waals surface area contributed by atoms with E-state index in [1.807, 2.05) is 0 Å². The number of fused-ring (bicyclic) bond motifs is 5. The second kappa shape index (κ2) is 13.7. The minimum atomic E-state index is 0. The van der Waals surface area contributed by atoms with Gasteiger partial charge in [0.1, 0.15) is 0 Å². The predicted octanol–water partition coefficient (Wildman–Crippen LogP) is 4.89. The molecule has 0 saturated heterocycles. The quantitative estimate of drug-likeness (QED) is 0.219. The van der Waals surface area contributed by atoms with Gasteiger partial charge in [-0.25, -0.2) is 11.6 Å². The summed E-state index contributed by atoms with van der Waals surface area (Å²) in [4.78, 5) is 0. The Balaban J connectivity index is 0.000000236. The first-order chi connectivity index (χ1) is 19.7. The van der Waals surface area contributed by atoms with Gasteiger partial charge in [0.15, 0.2) is 0 Å². The molecule has 3 heteroatoms. The van der Waals surface area contributed by atoms with Crippen LogP contribution in [0, 0.1) is 19.9 Å². The zero-order valence-electron chi connectivity index (χ0n) is 27.9. The molecule has 0 bridgehead atoms. The van der Waals surface area contributed by atoms with Crippen molar-refractivity contribution in [1.29, 1.82) is 0 Å².